The smallest absolute Gasteiger partial charge is 0.337 e. The van der Waals surface area contributed by atoms with Crippen molar-refractivity contribution in [3.05, 3.63) is 53.6 Å². The van der Waals surface area contributed by atoms with Gasteiger partial charge in [0.1, 0.15) is 0 Å². The highest BCUT2D eigenvalue weighted by Crippen LogP contribution is 2.28. The number of aromatic carboxylic acids is 1. The van der Waals surface area contributed by atoms with E-state index in [1.807, 2.05) is 4.90 Å². The van der Waals surface area contributed by atoms with Crippen molar-refractivity contribution in [1.29, 1.82) is 0 Å². The highest BCUT2D eigenvalue weighted by Gasteiger charge is 2.21. The molecule has 0 saturated carbocycles. The van der Waals surface area contributed by atoms with Gasteiger partial charge < -0.3 is 10.0 Å². The van der Waals surface area contributed by atoms with Crippen LogP contribution in [-0.4, -0.2) is 32.6 Å². The molecule has 0 spiro atoms. The topological polar surface area (TPSA) is 86.7 Å². The molecule has 1 aliphatic rings. The Morgan fingerprint density at radius 1 is 0.931 bits per heavy atom. The lowest BCUT2D eigenvalue weighted by Gasteiger charge is -2.28. The zero-order valence-corrected chi connectivity index (χ0v) is 16.5. The van der Waals surface area contributed by atoms with Crippen molar-refractivity contribution < 1.29 is 27.1 Å². The number of sulfonamides is 1. The van der Waals surface area contributed by atoms with E-state index in [-0.39, 0.29) is 11.3 Å². The van der Waals surface area contributed by atoms with Crippen molar-refractivity contribution in [3.8, 4) is 0 Å². The summed E-state index contributed by atoms with van der Waals surface area (Å²) < 4.78 is 53.6. The van der Waals surface area contributed by atoms with Crippen LogP contribution in [-0.2, 0) is 10.0 Å². The Bertz CT molecular complexity index is 1000. The molecule has 1 heterocycles. The normalized spacial score (nSPS) is 15.4. The quantitative estimate of drug-likeness (QED) is 0.750. The molecule has 0 unspecified atom stereocenters. The fourth-order valence-electron chi connectivity index (χ4n) is 3.39. The average molecular weight is 424 g/mol. The fourth-order valence-corrected chi connectivity index (χ4v) is 4.45. The second-order valence-corrected chi connectivity index (χ2v) is 8.66. The molecule has 0 atom stereocenters. The number of carboxylic acids is 1. The van der Waals surface area contributed by atoms with Crippen LogP contribution in [0.15, 0.2) is 41.3 Å². The molecule has 6 nitrogen and oxygen atoms in total. The maximum atomic E-state index is 13.4. The number of rotatable bonds is 5. The van der Waals surface area contributed by atoms with Gasteiger partial charge in [0.25, 0.3) is 10.0 Å². The Kier molecular flexibility index (Phi) is 6.36. The van der Waals surface area contributed by atoms with E-state index in [2.05, 4.69) is 4.72 Å². The summed E-state index contributed by atoms with van der Waals surface area (Å²) in [7, 11) is -4.21. The van der Waals surface area contributed by atoms with Gasteiger partial charge in [-0.2, -0.15) is 0 Å². The molecule has 3 rings (SSSR count). The lowest BCUT2D eigenvalue weighted by atomic mass is 10.1. The molecular formula is C20H22F2N2O4S. The average Bonchev–Trinajstić information content (AvgIpc) is 2.63. The summed E-state index contributed by atoms with van der Waals surface area (Å²) in [6.45, 7) is 1.47. The molecular weight excluding hydrogens is 402 g/mol. The number of halogens is 2. The SMILES string of the molecule is O=C(O)c1cc(NS(=O)(=O)c2ccc(F)c(F)c2)ccc1N1CCCCCCC1. The van der Waals surface area contributed by atoms with E-state index in [1.165, 1.54) is 18.6 Å². The van der Waals surface area contributed by atoms with Crippen molar-refractivity contribution in [2.75, 3.05) is 22.7 Å². The zero-order valence-electron chi connectivity index (χ0n) is 15.7. The first-order valence-corrected chi connectivity index (χ1v) is 10.9. The maximum Gasteiger partial charge on any atom is 0.337 e. The Morgan fingerprint density at radius 2 is 1.59 bits per heavy atom. The lowest BCUT2D eigenvalue weighted by molar-refractivity contribution is 0.0697. The molecule has 1 saturated heterocycles. The van der Waals surface area contributed by atoms with Gasteiger partial charge in [-0.1, -0.05) is 19.3 Å². The Hall–Kier alpha value is -2.68. The van der Waals surface area contributed by atoms with E-state index in [0.717, 1.165) is 50.9 Å². The summed E-state index contributed by atoms with van der Waals surface area (Å²) in [5.41, 5.74) is 0.550. The monoisotopic (exact) mass is 424 g/mol. The Morgan fingerprint density at radius 3 is 2.21 bits per heavy atom. The molecule has 2 aromatic carbocycles. The van der Waals surface area contributed by atoms with Crippen LogP contribution in [0, 0.1) is 11.6 Å². The van der Waals surface area contributed by atoms with Crippen LogP contribution in [0.1, 0.15) is 42.5 Å². The third-order valence-corrected chi connectivity index (χ3v) is 6.26. The number of benzene rings is 2. The number of hydrogen-bond donors (Lipinski definition) is 2. The number of nitrogens with one attached hydrogen (secondary N) is 1. The van der Waals surface area contributed by atoms with Crippen molar-refractivity contribution in [2.24, 2.45) is 0 Å². The largest absolute Gasteiger partial charge is 0.478 e. The minimum atomic E-state index is -4.21. The van der Waals surface area contributed by atoms with Gasteiger partial charge in [0.15, 0.2) is 11.6 Å². The van der Waals surface area contributed by atoms with Gasteiger partial charge in [0.05, 0.1) is 16.1 Å². The number of hydrogen-bond acceptors (Lipinski definition) is 4. The molecule has 0 bridgehead atoms. The van der Waals surface area contributed by atoms with Gasteiger partial charge in [0, 0.05) is 18.8 Å². The zero-order chi connectivity index (χ0) is 21.0. The second-order valence-electron chi connectivity index (χ2n) is 6.97. The molecule has 29 heavy (non-hydrogen) atoms. The van der Waals surface area contributed by atoms with Crippen LogP contribution in [0.3, 0.4) is 0 Å². The van der Waals surface area contributed by atoms with Gasteiger partial charge in [-0.05, 0) is 49.2 Å². The van der Waals surface area contributed by atoms with Gasteiger partial charge in [-0.3, -0.25) is 4.72 Å². The van der Waals surface area contributed by atoms with Crippen molar-refractivity contribution in [2.45, 2.75) is 37.0 Å². The third-order valence-electron chi connectivity index (χ3n) is 4.88. The minimum absolute atomic E-state index is 0.0175. The van der Waals surface area contributed by atoms with Crippen LogP contribution in [0.4, 0.5) is 20.2 Å². The summed E-state index contributed by atoms with van der Waals surface area (Å²) in [6.07, 6.45) is 5.27. The number of nitrogens with zero attached hydrogens (tertiary/aromatic N) is 1. The highest BCUT2D eigenvalue weighted by atomic mass is 32.2. The molecule has 0 amide bonds. The molecule has 0 aromatic heterocycles. The number of carbonyl (C=O) groups is 1. The van der Waals surface area contributed by atoms with Crippen LogP contribution < -0.4 is 9.62 Å². The minimum Gasteiger partial charge on any atom is -0.478 e. The lowest BCUT2D eigenvalue weighted by Crippen LogP contribution is -2.28. The Balaban J connectivity index is 1.89. The Labute approximate surface area is 168 Å². The first-order chi connectivity index (χ1) is 13.8. The van der Waals surface area contributed by atoms with Crippen LogP contribution in [0.5, 0.6) is 0 Å². The van der Waals surface area contributed by atoms with Crippen LogP contribution >= 0.6 is 0 Å². The van der Waals surface area contributed by atoms with E-state index in [0.29, 0.717) is 11.8 Å². The number of carboxylic acid groups (broad SMARTS) is 1. The highest BCUT2D eigenvalue weighted by molar-refractivity contribution is 7.92. The molecule has 0 radical (unpaired) electrons. The molecule has 2 aromatic rings. The van der Waals surface area contributed by atoms with Gasteiger partial charge in [-0.25, -0.2) is 22.0 Å². The van der Waals surface area contributed by atoms with E-state index in [9.17, 15) is 27.1 Å². The molecule has 9 heteroatoms. The maximum absolute atomic E-state index is 13.4. The van der Waals surface area contributed by atoms with Crippen molar-refractivity contribution >= 4 is 27.4 Å². The van der Waals surface area contributed by atoms with E-state index >= 15 is 0 Å². The predicted octanol–water partition coefficient (Wildman–Crippen LogP) is 4.23. The van der Waals surface area contributed by atoms with E-state index in [1.54, 1.807) is 6.07 Å². The molecule has 1 aliphatic heterocycles. The second kappa shape index (κ2) is 8.77. The van der Waals surface area contributed by atoms with E-state index in [4.69, 9.17) is 0 Å². The van der Waals surface area contributed by atoms with E-state index < -0.39 is 32.5 Å². The predicted molar refractivity (Wildman–Crippen MR) is 106 cm³/mol. The fraction of sp³-hybridized carbons (Fsp3) is 0.350. The standard InChI is InChI=1S/C20H22F2N2O4S/c21-17-8-7-15(13-18(17)22)29(27,28)23-14-6-9-19(16(12-14)20(25)26)24-10-4-2-1-3-5-11-24/h6-9,12-13,23H,1-5,10-11H2,(H,25,26). The molecule has 2 N–H and O–H groups in total. The summed E-state index contributed by atoms with van der Waals surface area (Å²) in [5.74, 6) is -3.61. The van der Waals surface area contributed by atoms with Gasteiger partial charge >= 0.3 is 5.97 Å². The summed E-state index contributed by atoms with van der Waals surface area (Å²) in [4.78, 5) is 13.3. The van der Waals surface area contributed by atoms with Gasteiger partial charge in [0.2, 0.25) is 0 Å². The number of anilines is 2. The summed E-state index contributed by atoms with van der Waals surface area (Å²) in [6, 6.07) is 6.52. The third kappa shape index (κ3) is 5.03. The summed E-state index contributed by atoms with van der Waals surface area (Å²) in [5, 5.41) is 9.63. The molecule has 1 fully saturated rings. The van der Waals surface area contributed by atoms with Gasteiger partial charge in [-0.15, -0.1) is 0 Å². The van der Waals surface area contributed by atoms with Crippen LogP contribution in [0.25, 0.3) is 0 Å². The first-order valence-electron chi connectivity index (χ1n) is 9.38. The van der Waals surface area contributed by atoms with Crippen LogP contribution in [0.2, 0.25) is 0 Å². The summed E-state index contributed by atoms with van der Waals surface area (Å²) >= 11 is 0. The van der Waals surface area contributed by atoms with Crippen molar-refractivity contribution in [1.82, 2.24) is 0 Å². The molecule has 0 aliphatic carbocycles. The first kappa shape index (κ1) is 21.0. The molecule has 156 valence electrons. The van der Waals surface area contributed by atoms with Crippen molar-refractivity contribution in [3.63, 3.8) is 0 Å².